The highest BCUT2D eigenvalue weighted by molar-refractivity contribution is 5.67. The van der Waals surface area contributed by atoms with Gasteiger partial charge in [0, 0.05) is 18.4 Å². The molecule has 1 nitrogen and oxygen atoms in total. The van der Waals surface area contributed by atoms with Gasteiger partial charge in [0.1, 0.15) is 0 Å². The van der Waals surface area contributed by atoms with E-state index in [-0.39, 0.29) is 0 Å². The molecule has 2 heterocycles. The zero-order chi connectivity index (χ0) is 7.84. The van der Waals surface area contributed by atoms with E-state index in [1.165, 1.54) is 11.3 Å². The van der Waals surface area contributed by atoms with Crippen molar-refractivity contribution in [2.75, 3.05) is 0 Å². The number of fused-ring (bicyclic) bond motifs is 1. The Morgan fingerprint density at radius 3 is 3.00 bits per heavy atom. The Bertz CT molecular complexity index is 292. The Kier molecular flexibility index (Phi) is 1.38. The van der Waals surface area contributed by atoms with Gasteiger partial charge in [-0.1, -0.05) is 19.9 Å². The first kappa shape index (κ1) is 6.71. The quantitative estimate of drug-likeness (QED) is 0.575. The molecule has 11 heavy (non-hydrogen) atoms. The monoisotopic (exact) mass is 147 g/mol. The van der Waals surface area contributed by atoms with Crippen molar-refractivity contribution in [2.45, 2.75) is 20.4 Å². The number of allylic oxidation sites excluding steroid dienone is 2. The molecule has 1 heteroatoms. The smallest absolute Gasteiger partial charge is 0.0442 e. The van der Waals surface area contributed by atoms with Crippen molar-refractivity contribution in [2.24, 2.45) is 5.92 Å². The van der Waals surface area contributed by atoms with Gasteiger partial charge in [0.2, 0.25) is 0 Å². The normalized spacial score (nSPS) is 15.4. The fourth-order valence-electron chi connectivity index (χ4n) is 1.67. The van der Waals surface area contributed by atoms with Crippen LogP contribution in [-0.2, 0) is 6.54 Å². The summed E-state index contributed by atoms with van der Waals surface area (Å²) in [4.78, 5) is 0. The van der Waals surface area contributed by atoms with E-state index in [1.807, 2.05) is 0 Å². The minimum absolute atomic E-state index is 0.658. The van der Waals surface area contributed by atoms with E-state index in [2.05, 4.69) is 42.8 Å². The zero-order valence-corrected chi connectivity index (χ0v) is 7.04. The van der Waals surface area contributed by atoms with Crippen LogP contribution in [0.2, 0.25) is 0 Å². The van der Waals surface area contributed by atoms with Crippen molar-refractivity contribution in [1.29, 1.82) is 0 Å². The van der Waals surface area contributed by atoms with Gasteiger partial charge in [-0.3, -0.25) is 0 Å². The van der Waals surface area contributed by atoms with Gasteiger partial charge in [-0.2, -0.15) is 0 Å². The maximum Gasteiger partial charge on any atom is 0.0442 e. The van der Waals surface area contributed by atoms with Crippen molar-refractivity contribution in [3.05, 3.63) is 30.1 Å². The minimum Gasteiger partial charge on any atom is -0.344 e. The summed E-state index contributed by atoms with van der Waals surface area (Å²) in [5.74, 6) is 0.658. The van der Waals surface area contributed by atoms with Gasteiger partial charge < -0.3 is 4.57 Å². The van der Waals surface area contributed by atoms with Crippen LogP contribution in [0.25, 0.3) is 5.57 Å². The van der Waals surface area contributed by atoms with E-state index < -0.39 is 0 Å². The fraction of sp³-hybridized carbons (Fsp3) is 0.400. The lowest BCUT2D eigenvalue weighted by Crippen LogP contribution is -1.93. The molecule has 1 aliphatic rings. The number of nitrogens with zero attached hydrogens (tertiary/aromatic N) is 1. The van der Waals surface area contributed by atoms with E-state index in [4.69, 9.17) is 0 Å². The summed E-state index contributed by atoms with van der Waals surface area (Å²) in [6, 6.07) is 4.31. The van der Waals surface area contributed by atoms with Gasteiger partial charge >= 0.3 is 0 Å². The van der Waals surface area contributed by atoms with Crippen LogP contribution in [0.15, 0.2) is 24.4 Å². The second-order valence-electron chi connectivity index (χ2n) is 3.36. The SMILES string of the molecule is CC(C)C1=CCn2cccc21. The van der Waals surface area contributed by atoms with Crippen LogP contribution in [0.3, 0.4) is 0 Å². The largest absolute Gasteiger partial charge is 0.344 e. The van der Waals surface area contributed by atoms with E-state index in [9.17, 15) is 0 Å². The van der Waals surface area contributed by atoms with Gasteiger partial charge in [-0.25, -0.2) is 0 Å². The third kappa shape index (κ3) is 0.917. The number of rotatable bonds is 1. The first-order valence-corrected chi connectivity index (χ1v) is 4.14. The molecule has 0 aliphatic carbocycles. The van der Waals surface area contributed by atoms with Crippen molar-refractivity contribution in [1.82, 2.24) is 4.57 Å². The van der Waals surface area contributed by atoms with E-state index in [0.29, 0.717) is 5.92 Å². The van der Waals surface area contributed by atoms with E-state index in [0.717, 1.165) is 6.54 Å². The molecule has 0 unspecified atom stereocenters. The standard InChI is InChI=1S/C10H13N/c1-8(2)9-5-7-11-6-3-4-10(9)11/h3-6,8H,7H2,1-2H3. The summed E-state index contributed by atoms with van der Waals surface area (Å²) in [6.07, 6.45) is 4.46. The molecule has 0 bridgehead atoms. The number of aromatic nitrogens is 1. The van der Waals surface area contributed by atoms with Gasteiger partial charge in [0.25, 0.3) is 0 Å². The predicted molar refractivity (Wildman–Crippen MR) is 47.2 cm³/mol. The molecule has 0 fully saturated rings. The van der Waals surface area contributed by atoms with Gasteiger partial charge in [-0.05, 0) is 23.6 Å². The molecule has 1 aromatic heterocycles. The third-order valence-electron chi connectivity index (χ3n) is 2.26. The number of hydrogen-bond acceptors (Lipinski definition) is 0. The Labute approximate surface area is 67.3 Å². The molecule has 2 rings (SSSR count). The predicted octanol–water partition coefficient (Wildman–Crippen LogP) is 2.54. The lowest BCUT2D eigenvalue weighted by Gasteiger charge is -2.05. The van der Waals surface area contributed by atoms with Crippen LogP contribution >= 0.6 is 0 Å². The molecular formula is C10H13N. The van der Waals surface area contributed by atoms with Crippen LogP contribution in [0.1, 0.15) is 19.5 Å². The van der Waals surface area contributed by atoms with Crippen LogP contribution in [0.4, 0.5) is 0 Å². The molecule has 58 valence electrons. The molecule has 0 saturated carbocycles. The van der Waals surface area contributed by atoms with Crippen LogP contribution < -0.4 is 0 Å². The molecule has 0 aromatic carbocycles. The number of hydrogen-bond donors (Lipinski definition) is 0. The first-order chi connectivity index (χ1) is 5.29. The van der Waals surface area contributed by atoms with Crippen molar-refractivity contribution in [3.8, 4) is 0 Å². The lowest BCUT2D eigenvalue weighted by molar-refractivity contribution is 0.829. The molecular weight excluding hydrogens is 134 g/mol. The second kappa shape index (κ2) is 2.26. The maximum atomic E-state index is 2.32. The molecule has 1 aliphatic heterocycles. The van der Waals surface area contributed by atoms with Crippen molar-refractivity contribution < 1.29 is 0 Å². The van der Waals surface area contributed by atoms with E-state index >= 15 is 0 Å². The summed E-state index contributed by atoms with van der Waals surface area (Å²) in [5, 5.41) is 0. The van der Waals surface area contributed by atoms with Gasteiger partial charge in [0.15, 0.2) is 0 Å². The average Bonchev–Trinajstić information content (AvgIpc) is 2.41. The molecule has 0 atom stereocenters. The summed E-state index contributed by atoms with van der Waals surface area (Å²) in [7, 11) is 0. The molecule has 0 spiro atoms. The molecule has 0 N–H and O–H groups in total. The van der Waals surface area contributed by atoms with Crippen LogP contribution in [0.5, 0.6) is 0 Å². The highest BCUT2D eigenvalue weighted by Gasteiger charge is 2.14. The Morgan fingerprint density at radius 1 is 1.45 bits per heavy atom. The maximum absolute atomic E-state index is 2.32. The molecule has 0 amide bonds. The third-order valence-corrected chi connectivity index (χ3v) is 2.26. The lowest BCUT2D eigenvalue weighted by atomic mass is 10.0. The Hall–Kier alpha value is -0.980. The first-order valence-electron chi connectivity index (χ1n) is 4.14. The fourth-order valence-corrected chi connectivity index (χ4v) is 1.67. The van der Waals surface area contributed by atoms with Crippen LogP contribution in [-0.4, -0.2) is 4.57 Å². The van der Waals surface area contributed by atoms with Crippen LogP contribution in [0, 0.1) is 5.92 Å². The summed E-state index contributed by atoms with van der Waals surface area (Å²) < 4.78 is 2.29. The van der Waals surface area contributed by atoms with E-state index in [1.54, 1.807) is 0 Å². The van der Waals surface area contributed by atoms with Gasteiger partial charge in [-0.15, -0.1) is 0 Å². The Morgan fingerprint density at radius 2 is 2.27 bits per heavy atom. The molecule has 1 aromatic rings. The molecule has 0 radical (unpaired) electrons. The minimum atomic E-state index is 0.658. The zero-order valence-electron chi connectivity index (χ0n) is 7.04. The summed E-state index contributed by atoms with van der Waals surface area (Å²) >= 11 is 0. The second-order valence-corrected chi connectivity index (χ2v) is 3.36. The van der Waals surface area contributed by atoms with Crippen molar-refractivity contribution >= 4 is 5.57 Å². The highest BCUT2D eigenvalue weighted by Crippen LogP contribution is 2.28. The topological polar surface area (TPSA) is 4.93 Å². The highest BCUT2D eigenvalue weighted by atomic mass is 15.0. The summed E-state index contributed by atoms with van der Waals surface area (Å²) in [5.41, 5.74) is 2.90. The summed E-state index contributed by atoms with van der Waals surface area (Å²) in [6.45, 7) is 5.55. The average molecular weight is 147 g/mol. The van der Waals surface area contributed by atoms with Crippen molar-refractivity contribution in [3.63, 3.8) is 0 Å². The van der Waals surface area contributed by atoms with Gasteiger partial charge in [0.05, 0.1) is 0 Å². The Balaban J connectivity index is 2.42. The molecule has 0 saturated heterocycles.